The Morgan fingerprint density at radius 2 is 1.67 bits per heavy atom. The minimum atomic E-state index is -3.00. The molecule has 0 aliphatic heterocycles. The van der Waals surface area contributed by atoms with Crippen LogP contribution in [0.2, 0.25) is 0 Å². The van der Waals surface area contributed by atoms with E-state index < -0.39 is 7.60 Å². The highest BCUT2D eigenvalue weighted by molar-refractivity contribution is 7.53. The van der Waals surface area contributed by atoms with Crippen molar-refractivity contribution >= 4 is 13.6 Å². The summed E-state index contributed by atoms with van der Waals surface area (Å²) in [5.41, 5.74) is 0. The van der Waals surface area contributed by atoms with Gasteiger partial charge in [-0.2, -0.15) is 0 Å². The Balaban J connectivity index is 4.13. The van der Waals surface area contributed by atoms with E-state index in [2.05, 4.69) is 0 Å². The normalized spacial score (nSPS) is 13.3. The van der Waals surface area contributed by atoms with Gasteiger partial charge in [0.2, 0.25) is 0 Å². The first-order chi connectivity index (χ1) is 8.47. The largest absolute Gasteiger partial charge is 0.466 e. The molecule has 0 aliphatic rings. The summed E-state index contributed by atoms with van der Waals surface area (Å²) in [6, 6.07) is 0. The van der Waals surface area contributed by atoms with Gasteiger partial charge in [0.15, 0.2) is 0 Å². The van der Waals surface area contributed by atoms with Crippen LogP contribution in [0.1, 0.15) is 40.5 Å². The average Bonchev–Trinajstić information content (AvgIpc) is 2.27. The molecule has 1 unspecified atom stereocenters. The van der Waals surface area contributed by atoms with E-state index in [-0.39, 0.29) is 11.9 Å². The molecule has 0 aromatic heterocycles. The molecule has 0 bridgehead atoms. The van der Waals surface area contributed by atoms with Crippen LogP contribution < -0.4 is 0 Å². The van der Waals surface area contributed by atoms with E-state index in [9.17, 15) is 9.36 Å². The average molecular weight is 280 g/mol. The first-order valence-corrected chi connectivity index (χ1v) is 8.23. The number of rotatable bonds is 10. The molecular formula is C12H25O5P. The maximum Gasteiger partial charge on any atom is 0.330 e. The summed E-state index contributed by atoms with van der Waals surface area (Å²) in [5, 5.41) is 0. The van der Waals surface area contributed by atoms with Crippen LogP contribution in [-0.2, 0) is 23.1 Å². The molecule has 0 heterocycles. The Morgan fingerprint density at radius 3 is 2.11 bits per heavy atom. The van der Waals surface area contributed by atoms with E-state index in [1.54, 1.807) is 20.8 Å². The van der Waals surface area contributed by atoms with Gasteiger partial charge in [0.1, 0.15) is 0 Å². The van der Waals surface area contributed by atoms with Crippen molar-refractivity contribution in [3.63, 3.8) is 0 Å². The number of esters is 1. The zero-order valence-corrected chi connectivity index (χ0v) is 12.7. The third-order valence-electron chi connectivity index (χ3n) is 2.33. The number of carbonyl (C=O) groups excluding carboxylic acids is 1. The lowest BCUT2D eigenvalue weighted by Gasteiger charge is -2.20. The van der Waals surface area contributed by atoms with Crippen LogP contribution in [-0.4, -0.2) is 32.0 Å². The fourth-order valence-corrected chi connectivity index (χ4v) is 3.62. The summed E-state index contributed by atoms with van der Waals surface area (Å²) < 4.78 is 27.5. The molecule has 108 valence electrons. The Morgan fingerprint density at radius 1 is 1.11 bits per heavy atom. The van der Waals surface area contributed by atoms with Gasteiger partial charge in [0.05, 0.1) is 26.0 Å². The number of ether oxygens (including phenoxy) is 1. The lowest BCUT2D eigenvalue weighted by atomic mass is 10.1. The van der Waals surface area contributed by atoms with Gasteiger partial charge in [-0.25, -0.2) is 0 Å². The van der Waals surface area contributed by atoms with E-state index in [1.165, 1.54) is 0 Å². The Labute approximate surface area is 110 Å². The van der Waals surface area contributed by atoms with Gasteiger partial charge in [-0.1, -0.05) is 6.92 Å². The summed E-state index contributed by atoms with van der Waals surface area (Å²) in [4.78, 5) is 11.2. The molecule has 6 heteroatoms. The van der Waals surface area contributed by atoms with Crippen molar-refractivity contribution in [3.05, 3.63) is 0 Å². The lowest BCUT2D eigenvalue weighted by Crippen LogP contribution is -2.11. The van der Waals surface area contributed by atoms with Crippen LogP contribution in [0.25, 0.3) is 0 Å². The van der Waals surface area contributed by atoms with Crippen molar-refractivity contribution in [2.45, 2.75) is 40.5 Å². The van der Waals surface area contributed by atoms with E-state index in [1.807, 2.05) is 6.92 Å². The van der Waals surface area contributed by atoms with Crippen molar-refractivity contribution in [2.24, 2.45) is 5.92 Å². The molecule has 0 fully saturated rings. The second-order valence-electron chi connectivity index (χ2n) is 4.08. The minimum Gasteiger partial charge on any atom is -0.466 e. The van der Waals surface area contributed by atoms with Crippen molar-refractivity contribution < 1.29 is 23.1 Å². The first kappa shape index (κ1) is 17.6. The molecule has 0 aliphatic carbocycles. The van der Waals surface area contributed by atoms with Crippen LogP contribution in [0.4, 0.5) is 0 Å². The van der Waals surface area contributed by atoms with Crippen molar-refractivity contribution in [3.8, 4) is 0 Å². The van der Waals surface area contributed by atoms with Gasteiger partial charge in [-0.15, -0.1) is 0 Å². The third kappa shape index (κ3) is 7.85. The van der Waals surface area contributed by atoms with Gasteiger partial charge in [-0.3, -0.25) is 9.36 Å². The smallest absolute Gasteiger partial charge is 0.330 e. The van der Waals surface area contributed by atoms with E-state index in [0.29, 0.717) is 38.8 Å². The predicted octanol–water partition coefficient (Wildman–Crippen LogP) is 3.23. The molecule has 0 aromatic rings. The highest BCUT2D eigenvalue weighted by Gasteiger charge is 2.26. The Bertz CT molecular complexity index is 270. The maximum absolute atomic E-state index is 12.2. The van der Waals surface area contributed by atoms with Crippen molar-refractivity contribution in [1.82, 2.24) is 0 Å². The zero-order valence-electron chi connectivity index (χ0n) is 11.8. The van der Waals surface area contributed by atoms with E-state index in [4.69, 9.17) is 13.8 Å². The Kier molecular flexibility index (Phi) is 9.34. The van der Waals surface area contributed by atoms with E-state index >= 15 is 0 Å². The molecule has 18 heavy (non-hydrogen) atoms. The summed E-state index contributed by atoms with van der Waals surface area (Å²) in [6.45, 7) is 8.40. The van der Waals surface area contributed by atoms with Gasteiger partial charge >= 0.3 is 13.6 Å². The highest BCUT2D eigenvalue weighted by atomic mass is 31.2. The van der Waals surface area contributed by atoms with Gasteiger partial charge in [0.25, 0.3) is 0 Å². The minimum absolute atomic E-state index is 0.0957. The molecule has 0 saturated carbocycles. The molecule has 0 amide bonds. The summed E-state index contributed by atoms with van der Waals surface area (Å²) in [5.74, 6) is -0.120. The molecule has 5 nitrogen and oxygen atoms in total. The predicted molar refractivity (Wildman–Crippen MR) is 70.8 cm³/mol. The van der Waals surface area contributed by atoms with Crippen LogP contribution >= 0.6 is 7.60 Å². The molecule has 0 radical (unpaired) electrons. The van der Waals surface area contributed by atoms with Crippen molar-refractivity contribution in [1.29, 1.82) is 0 Å². The Hall–Kier alpha value is -0.380. The monoisotopic (exact) mass is 280 g/mol. The van der Waals surface area contributed by atoms with Gasteiger partial charge in [0, 0.05) is 6.42 Å². The quantitative estimate of drug-likeness (QED) is 0.454. The number of hydrogen-bond donors (Lipinski definition) is 0. The van der Waals surface area contributed by atoms with Crippen molar-refractivity contribution in [2.75, 3.05) is 26.0 Å². The van der Waals surface area contributed by atoms with Crippen LogP contribution in [0.5, 0.6) is 0 Å². The molecule has 0 aromatic carbocycles. The fourth-order valence-electron chi connectivity index (χ4n) is 1.61. The number of carbonyl (C=O) groups is 1. The first-order valence-electron chi connectivity index (χ1n) is 6.51. The fraction of sp³-hybridized carbons (Fsp3) is 0.917. The van der Waals surface area contributed by atoms with Crippen LogP contribution in [0.15, 0.2) is 0 Å². The lowest BCUT2D eigenvalue weighted by molar-refractivity contribution is -0.143. The zero-order chi connectivity index (χ0) is 14.0. The molecule has 0 N–H and O–H groups in total. The standard InChI is InChI=1S/C12H25O5P/c1-5-15-12(13)9-8-11(4)10-18(14,16-6-2)17-7-3/h11H,5-10H2,1-4H3. The topological polar surface area (TPSA) is 61.8 Å². The van der Waals surface area contributed by atoms with Gasteiger partial charge in [-0.05, 0) is 33.1 Å². The maximum atomic E-state index is 12.2. The van der Waals surface area contributed by atoms with Crippen LogP contribution in [0, 0.1) is 5.92 Å². The molecule has 0 saturated heterocycles. The van der Waals surface area contributed by atoms with Crippen LogP contribution in [0.3, 0.4) is 0 Å². The SMILES string of the molecule is CCOC(=O)CCC(C)CP(=O)(OCC)OCC. The summed E-state index contributed by atoms with van der Waals surface area (Å²) in [7, 11) is -3.00. The second kappa shape index (κ2) is 9.54. The summed E-state index contributed by atoms with van der Waals surface area (Å²) >= 11 is 0. The number of hydrogen-bond acceptors (Lipinski definition) is 5. The third-order valence-corrected chi connectivity index (χ3v) is 4.71. The van der Waals surface area contributed by atoms with Gasteiger partial charge < -0.3 is 13.8 Å². The molecule has 0 spiro atoms. The second-order valence-corrected chi connectivity index (χ2v) is 6.18. The molecular weight excluding hydrogens is 255 g/mol. The highest BCUT2D eigenvalue weighted by Crippen LogP contribution is 2.50. The summed E-state index contributed by atoms with van der Waals surface area (Å²) in [6.07, 6.45) is 1.31. The molecule has 1 atom stereocenters. The molecule has 0 rings (SSSR count). The van der Waals surface area contributed by atoms with E-state index in [0.717, 1.165) is 0 Å².